The average Bonchev–Trinajstić information content (AvgIpc) is 2.80. The van der Waals surface area contributed by atoms with E-state index in [4.69, 9.17) is 15.2 Å². The quantitative estimate of drug-likeness (QED) is 0.854. The molecule has 2 rings (SSSR count). The Morgan fingerprint density at radius 2 is 2.20 bits per heavy atom. The molecule has 1 heterocycles. The van der Waals surface area contributed by atoms with Gasteiger partial charge in [0.05, 0.1) is 13.7 Å². The van der Waals surface area contributed by atoms with Crippen LogP contribution in [0.4, 0.5) is 0 Å². The molecule has 1 amide bonds. The number of hydrogen-bond donors (Lipinski definition) is 1. The first-order valence-electron chi connectivity index (χ1n) is 6.95. The number of methoxy groups -OCH3 is 1. The van der Waals surface area contributed by atoms with E-state index >= 15 is 0 Å². The number of carbonyl (C=O) groups is 1. The third kappa shape index (κ3) is 3.22. The van der Waals surface area contributed by atoms with Gasteiger partial charge in [-0.05, 0) is 37.1 Å². The number of amides is 1. The molecule has 5 nitrogen and oxygen atoms in total. The molecule has 1 aromatic carbocycles. The van der Waals surface area contributed by atoms with Gasteiger partial charge < -0.3 is 20.1 Å². The predicted octanol–water partition coefficient (Wildman–Crippen LogP) is 1.40. The van der Waals surface area contributed by atoms with E-state index in [1.165, 1.54) is 0 Å². The lowest BCUT2D eigenvalue weighted by atomic mass is 10.1. The highest BCUT2D eigenvalue weighted by molar-refractivity contribution is 5.78. The highest BCUT2D eigenvalue weighted by Crippen LogP contribution is 2.29. The van der Waals surface area contributed by atoms with E-state index in [9.17, 15) is 4.79 Å². The molecule has 0 aromatic heterocycles. The Morgan fingerprint density at radius 3 is 2.80 bits per heavy atom. The summed E-state index contributed by atoms with van der Waals surface area (Å²) in [6.07, 6.45) is 0.560. The fourth-order valence-corrected chi connectivity index (χ4v) is 2.47. The first-order chi connectivity index (χ1) is 9.67. The normalized spacial score (nSPS) is 18.4. The van der Waals surface area contributed by atoms with Gasteiger partial charge in [-0.2, -0.15) is 0 Å². The molecule has 20 heavy (non-hydrogen) atoms. The van der Waals surface area contributed by atoms with Crippen LogP contribution < -0.4 is 15.2 Å². The van der Waals surface area contributed by atoms with Crippen LogP contribution in [-0.4, -0.2) is 37.6 Å². The van der Waals surface area contributed by atoms with Crippen LogP contribution in [0.1, 0.15) is 18.9 Å². The third-order valence-corrected chi connectivity index (χ3v) is 3.53. The summed E-state index contributed by atoms with van der Waals surface area (Å²) in [6, 6.07) is 5.77. The van der Waals surface area contributed by atoms with Gasteiger partial charge in [0.1, 0.15) is 0 Å². The van der Waals surface area contributed by atoms with Gasteiger partial charge in [-0.3, -0.25) is 4.79 Å². The summed E-state index contributed by atoms with van der Waals surface area (Å²) in [7, 11) is 1.62. The molecule has 5 heteroatoms. The molecule has 1 fully saturated rings. The Bertz CT molecular complexity index is 476. The Balaban J connectivity index is 2.09. The van der Waals surface area contributed by atoms with Crippen LogP contribution in [0, 0.1) is 5.92 Å². The lowest BCUT2D eigenvalue weighted by Gasteiger charge is -2.18. The van der Waals surface area contributed by atoms with Crippen molar-refractivity contribution >= 4 is 5.91 Å². The number of rotatable bonds is 6. The zero-order valence-corrected chi connectivity index (χ0v) is 12.1. The summed E-state index contributed by atoms with van der Waals surface area (Å²) in [6.45, 7) is 4.42. The maximum Gasteiger partial charge on any atom is 0.223 e. The number of hydrogen-bond acceptors (Lipinski definition) is 4. The second kappa shape index (κ2) is 6.61. The predicted molar refractivity (Wildman–Crippen MR) is 76.7 cm³/mol. The SMILES string of the molecule is CCOc1cc(CN2CC(CN)CC2=O)ccc1OC. The number of nitrogens with zero attached hydrogens (tertiary/aromatic N) is 1. The average molecular weight is 278 g/mol. The molecule has 1 unspecified atom stereocenters. The summed E-state index contributed by atoms with van der Waals surface area (Å²) in [5, 5.41) is 0. The lowest BCUT2D eigenvalue weighted by Crippen LogP contribution is -2.25. The van der Waals surface area contributed by atoms with Crippen LogP contribution in [0.2, 0.25) is 0 Å². The fraction of sp³-hybridized carbons (Fsp3) is 0.533. The van der Waals surface area contributed by atoms with Crippen LogP contribution in [0.3, 0.4) is 0 Å². The summed E-state index contributed by atoms with van der Waals surface area (Å²) < 4.78 is 10.8. The van der Waals surface area contributed by atoms with E-state index in [0.29, 0.717) is 31.9 Å². The van der Waals surface area contributed by atoms with Crippen LogP contribution in [0.25, 0.3) is 0 Å². The Kier molecular flexibility index (Phi) is 4.84. The molecule has 1 aliphatic rings. The van der Waals surface area contributed by atoms with E-state index in [1.807, 2.05) is 30.0 Å². The fourth-order valence-electron chi connectivity index (χ4n) is 2.47. The molecule has 0 radical (unpaired) electrons. The number of ether oxygens (including phenoxy) is 2. The molecule has 1 aliphatic heterocycles. The lowest BCUT2D eigenvalue weighted by molar-refractivity contribution is -0.128. The molecule has 110 valence electrons. The largest absolute Gasteiger partial charge is 0.493 e. The standard InChI is InChI=1S/C15H22N2O3/c1-3-20-14-6-11(4-5-13(14)19-2)9-17-10-12(8-16)7-15(17)18/h4-6,12H,3,7-10,16H2,1-2H3. The van der Waals surface area contributed by atoms with Gasteiger partial charge in [0.2, 0.25) is 5.91 Å². The summed E-state index contributed by atoms with van der Waals surface area (Å²) in [5.41, 5.74) is 6.68. The summed E-state index contributed by atoms with van der Waals surface area (Å²) in [5.74, 6) is 1.89. The summed E-state index contributed by atoms with van der Waals surface area (Å²) in [4.78, 5) is 13.8. The van der Waals surface area contributed by atoms with Crippen molar-refractivity contribution in [2.75, 3.05) is 26.8 Å². The third-order valence-electron chi connectivity index (χ3n) is 3.53. The summed E-state index contributed by atoms with van der Waals surface area (Å²) >= 11 is 0. The number of benzene rings is 1. The minimum absolute atomic E-state index is 0.175. The molecule has 1 atom stereocenters. The smallest absolute Gasteiger partial charge is 0.223 e. The van der Waals surface area contributed by atoms with Gasteiger partial charge in [-0.1, -0.05) is 6.07 Å². The van der Waals surface area contributed by atoms with Crippen molar-refractivity contribution < 1.29 is 14.3 Å². The Morgan fingerprint density at radius 1 is 1.40 bits per heavy atom. The minimum atomic E-state index is 0.175. The molecule has 0 aliphatic carbocycles. The van der Waals surface area contributed by atoms with Crippen LogP contribution >= 0.6 is 0 Å². The molecular formula is C15H22N2O3. The second-order valence-corrected chi connectivity index (χ2v) is 5.00. The van der Waals surface area contributed by atoms with Crippen LogP contribution in [0.15, 0.2) is 18.2 Å². The van der Waals surface area contributed by atoms with Crippen molar-refractivity contribution in [3.05, 3.63) is 23.8 Å². The van der Waals surface area contributed by atoms with Crippen LogP contribution in [-0.2, 0) is 11.3 Å². The van der Waals surface area contributed by atoms with Crippen molar-refractivity contribution in [3.8, 4) is 11.5 Å². The van der Waals surface area contributed by atoms with Gasteiger partial charge in [0.15, 0.2) is 11.5 Å². The van der Waals surface area contributed by atoms with Gasteiger partial charge in [-0.15, -0.1) is 0 Å². The van der Waals surface area contributed by atoms with Gasteiger partial charge in [0.25, 0.3) is 0 Å². The van der Waals surface area contributed by atoms with Crippen molar-refractivity contribution in [1.29, 1.82) is 0 Å². The molecule has 1 saturated heterocycles. The van der Waals surface area contributed by atoms with Gasteiger partial charge in [-0.25, -0.2) is 0 Å². The van der Waals surface area contributed by atoms with E-state index in [0.717, 1.165) is 17.9 Å². The van der Waals surface area contributed by atoms with Crippen molar-refractivity contribution in [1.82, 2.24) is 4.90 Å². The number of likely N-dealkylation sites (tertiary alicyclic amines) is 1. The monoisotopic (exact) mass is 278 g/mol. The molecule has 0 spiro atoms. The van der Waals surface area contributed by atoms with Crippen molar-refractivity contribution in [3.63, 3.8) is 0 Å². The number of carbonyl (C=O) groups excluding carboxylic acids is 1. The zero-order valence-electron chi connectivity index (χ0n) is 12.1. The highest BCUT2D eigenvalue weighted by atomic mass is 16.5. The van der Waals surface area contributed by atoms with Gasteiger partial charge in [0, 0.05) is 19.5 Å². The molecule has 0 saturated carbocycles. The first-order valence-corrected chi connectivity index (χ1v) is 6.95. The van der Waals surface area contributed by atoms with E-state index in [-0.39, 0.29) is 11.8 Å². The molecule has 2 N–H and O–H groups in total. The minimum Gasteiger partial charge on any atom is -0.493 e. The molecule has 1 aromatic rings. The van der Waals surface area contributed by atoms with E-state index < -0.39 is 0 Å². The van der Waals surface area contributed by atoms with Crippen molar-refractivity contribution in [2.45, 2.75) is 19.9 Å². The first kappa shape index (κ1) is 14.7. The number of nitrogens with two attached hydrogens (primary N) is 1. The van der Waals surface area contributed by atoms with E-state index in [2.05, 4.69) is 0 Å². The second-order valence-electron chi connectivity index (χ2n) is 5.00. The molecule has 0 bridgehead atoms. The zero-order chi connectivity index (χ0) is 14.5. The van der Waals surface area contributed by atoms with Gasteiger partial charge >= 0.3 is 0 Å². The highest BCUT2D eigenvalue weighted by Gasteiger charge is 2.28. The Hall–Kier alpha value is -1.75. The molecular weight excluding hydrogens is 256 g/mol. The Labute approximate surface area is 119 Å². The maximum absolute atomic E-state index is 11.9. The maximum atomic E-state index is 11.9. The van der Waals surface area contributed by atoms with E-state index in [1.54, 1.807) is 7.11 Å². The topological polar surface area (TPSA) is 64.8 Å². The van der Waals surface area contributed by atoms with Crippen LogP contribution in [0.5, 0.6) is 11.5 Å². The van der Waals surface area contributed by atoms with Crippen molar-refractivity contribution in [2.24, 2.45) is 11.7 Å².